The van der Waals surface area contributed by atoms with Gasteiger partial charge in [-0.1, -0.05) is 117 Å². The zero-order chi connectivity index (χ0) is 25.0. The fraction of sp³-hybridized carbons (Fsp3) is 1.00. The highest BCUT2D eigenvalue weighted by atomic mass is 31.2. The van der Waals surface area contributed by atoms with E-state index in [2.05, 4.69) is 20.8 Å². The summed E-state index contributed by atoms with van der Waals surface area (Å²) in [5.41, 5.74) is 0. The minimum absolute atomic E-state index is 0.382. The molecule has 0 aromatic carbocycles. The van der Waals surface area contributed by atoms with Crippen molar-refractivity contribution in [3.63, 3.8) is 0 Å². The zero-order valence-electron chi connectivity index (χ0n) is 24.4. The van der Waals surface area contributed by atoms with Crippen LogP contribution in [0.4, 0.5) is 0 Å². The predicted molar refractivity (Wildman–Crippen MR) is 161 cm³/mol. The first-order chi connectivity index (χ1) is 16.7. The molecular weight excluding hydrogens is 431 g/mol. The van der Waals surface area contributed by atoms with Gasteiger partial charge in [0.25, 0.3) is 0 Å². The predicted octanol–water partition coefficient (Wildman–Crippen LogP) is 11.4. The van der Waals surface area contributed by atoms with Crippen molar-refractivity contribution in [3.8, 4) is 0 Å². The maximum absolute atomic E-state index is 9.14. The van der Waals surface area contributed by atoms with Crippen molar-refractivity contribution in [2.24, 2.45) is 0 Å². The van der Waals surface area contributed by atoms with E-state index in [1.54, 1.807) is 24.6 Å². The van der Waals surface area contributed by atoms with Gasteiger partial charge in [0.05, 0.1) is 24.6 Å². The normalized spacial score (nSPS) is 12.0. The van der Waals surface area contributed by atoms with Crippen LogP contribution < -0.4 is 0 Å². The average Bonchev–Trinajstić information content (AvgIpc) is 2.85. The Bertz CT molecular complexity index is 358. The summed E-state index contributed by atoms with van der Waals surface area (Å²) in [5, 5.41) is 9.14. The summed E-state index contributed by atoms with van der Waals surface area (Å²) in [4.78, 5) is 0. The van der Waals surface area contributed by atoms with Crippen molar-refractivity contribution in [2.45, 2.75) is 175 Å². The topological polar surface area (TPSA) is 20.2 Å². The van der Waals surface area contributed by atoms with Crippen molar-refractivity contribution in [1.29, 1.82) is 0 Å². The smallest absolute Gasteiger partial charge is 0.0594 e. The van der Waals surface area contributed by atoms with E-state index >= 15 is 0 Å². The molecule has 206 valence electrons. The highest BCUT2D eigenvalue weighted by molar-refractivity contribution is 7.75. The van der Waals surface area contributed by atoms with Crippen molar-refractivity contribution in [1.82, 2.24) is 0 Å². The lowest BCUT2D eigenvalue weighted by molar-refractivity contribution is 0.283. The van der Waals surface area contributed by atoms with Crippen molar-refractivity contribution in [2.75, 3.05) is 31.3 Å². The van der Waals surface area contributed by atoms with Crippen LogP contribution in [0, 0.1) is 0 Å². The van der Waals surface area contributed by atoms with Crippen LogP contribution in [0.3, 0.4) is 0 Å². The van der Waals surface area contributed by atoms with Gasteiger partial charge >= 0.3 is 0 Å². The molecule has 0 aromatic heterocycles. The molecule has 0 atom stereocenters. The third kappa shape index (κ3) is 22.8. The molecule has 0 aliphatic heterocycles. The highest BCUT2D eigenvalue weighted by Gasteiger charge is 2.34. The van der Waals surface area contributed by atoms with Crippen LogP contribution in [-0.2, 0) is 0 Å². The molecule has 0 fully saturated rings. The van der Waals surface area contributed by atoms with E-state index in [-0.39, 0.29) is 0 Å². The van der Waals surface area contributed by atoms with E-state index in [0.717, 1.165) is 6.42 Å². The van der Waals surface area contributed by atoms with Gasteiger partial charge in [0.2, 0.25) is 0 Å². The first-order valence-electron chi connectivity index (χ1n) is 16.2. The minimum Gasteiger partial charge on any atom is -0.396 e. The molecular formula is C32H68OP+. The molecule has 34 heavy (non-hydrogen) atoms. The molecule has 0 heterocycles. The largest absolute Gasteiger partial charge is 0.396 e. The van der Waals surface area contributed by atoms with Crippen LogP contribution in [0.2, 0.25) is 0 Å². The molecule has 0 aliphatic carbocycles. The summed E-state index contributed by atoms with van der Waals surface area (Å²) in [7, 11) is -0.768. The quantitative estimate of drug-likeness (QED) is 0.0801. The fourth-order valence-corrected chi connectivity index (χ4v) is 10.5. The Labute approximate surface area is 218 Å². The van der Waals surface area contributed by atoms with Crippen molar-refractivity contribution < 1.29 is 5.11 Å². The third-order valence-electron chi connectivity index (χ3n) is 8.00. The van der Waals surface area contributed by atoms with Crippen LogP contribution in [0.1, 0.15) is 175 Å². The molecule has 0 radical (unpaired) electrons. The Hall–Kier alpha value is 0.390. The number of unbranched alkanes of at least 4 members (excludes halogenated alkanes) is 20. The first kappa shape index (κ1) is 34.4. The van der Waals surface area contributed by atoms with E-state index in [0.29, 0.717) is 6.61 Å². The molecule has 0 rings (SSSR count). The highest BCUT2D eigenvalue weighted by Crippen LogP contribution is 2.61. The van der Waals surface area contributed by atoms with Gasteiger partial charge in [-0.3, -0.25) is 0 Å². The Morgan fingerprint density at radius 2 is 0.559 bits per heavy atom. The van der Waals surface area contributed by atoms with Crippen LogP contribution in [0.25, 0.3) is 0 Å². The zero-order valence-corrected chi connectivity index (χ0v) is 25.3. The first-order valence-corrected chi connectivity index (χ1v) is 18.7. The summed E-state index contributed by atoms with van der Waals surface area (Å²) >= 11 is 0. The number of rotatable bonds is 29. The molecule has 0 saturated heterocycles. The lowest BCUT2D eigenvalue weighted by Crippen LogP contribution is -2.13. The Morgan fingerprint density at radius 1 is 0.324 bits per heavy atom. The molecule has 0 saturated carbocycles. The van der Waals surface area contributed by atoms with E-state index < -0.39 is 7.26 Å². The molecule has 0 amide bonds. The van der Waals surface area contributed by atoms with Gasteiger partial charge in [-0.05, 0) is 57.8 Å². The summed E-state index contributed by atoms with van der Waals surface area (Å²) in [6.45, 7) is 7.39. The molecule has 0 unspecified atom stereocenters. The van der Waals surface area contributed by atoms with Crippen molar-refractivity contribution >= 4 is 7.26 Å². The fourth-order valence-electron chi connectivity index (χ4n) is 5.62. The van der Waals surface area contributed by atoms with Gasteiger partial charge in [-0.15, -0.1) is 0 Å². The molecule has 0 aliphatic rings. The van der Waals surface area contributed by atoms with Gasteiger partial charge in [0, 0.05) is 13.9 Å². The van der Waals surface area contributed by atoms with Crippen LogP contribution in [0.5, 0.6) is 0 Å². The lowest BCUT2D eigenvalue weighted by atomic mass is 10.1. The van der Waals surface area contributed by atoms with Gasteiger partial charge < -0.3 is 5.11 Å². The Kier molecular flexibility index (Phi) is 28.3. The second kappa shape index (κ2) is 28.0. The molecule has 2 heteroatoms. The van der Waals surface area contributed by atoms with Crippen LogP contribution in [0.15, 0.2) is 0 Å². The Morgan fingerprint density at radius 3 is 0.853 bits per heavy atom. The minimum atomic E-state index is -0.768. The molecule has 1 nitrogen and oxygen atoms in total. The van der Waals surface area contributed by atoms with E-state index in [1.807, 2.05) is 0 Å². The van der Waals surface area contributed by atoms with Gasteiger partial charge in [-0.25, -0.2) is 0 Å². The summed E-state index contributed by atoms with van der Waals surface area (Å²) in [6.07, 6.45) is 40.5. The summed E-state index contributed by atoms with van der Waals surface area (Å²) in [6, 6.07) is 0. The van der Waals surface area contributed by atoms with Crippen molar-refractivity contribution in [3.05, 3.63) is 0 Å². The molecule has 0 bridgehead atoms. The standard InChI is InChI=1S/C32H68OP/c1-4-7-10-13-14-15-16-17-18-19-21-26-31-34(29-24-11-8-5-2,30-25-12-9-6-3)32-27-22-20-23-28-33/h33H,4-32H2,1-3H3/q+1. The number of hydrogen-bond acceptors (Lipinski definition) is 1. The van der Waals surface area contributed by atoms with Gasteiger partial charge in [0.1, 0.15) is 0 Å². The maximum Gasteiger partial charge on any atom is 0.0594 e. The second-order valence-corrected chi connectivity index (χ2v) is 15.9. The van der Waals surface area contributed by atoms with E-state index in [9.17, 15) is 0 Å². The monoisotopic (exact) mass is 500 g/mol. The summed E-state index contributed by atoms with van der Waals surface area (Å²) < 4.78 is 0. The number of aliphatic hydroxyl groups is 1. The molecule has 0 aromatic rings. The van der Waals surface area contributed by atoms with E-state index in [1.165, 1.54) is 148 Å². The summed E-state index contributed by atoms with van der Waals surface area (Å²) in [5.74, 6) is 0. The van der Waals surface area contributed by atoms with E-state index in [4.69, 9.17) is 5.11 Å². The van der Waals surface area contributed by atoms with Crippen LogP contribution in [-0.4, -0.2) is 36.4 Å². The lowest BCUT2D eigenvalue weighted by Gasteiger charge is -2.28. The SMILES string of the molecule is CCCCCCCCCCCCCC[P+](CCCCCC)(CCCCCC)CCCCCCO. The second-order valence-electron chi connectivity index (χ2n) is 11.4. The maximum atomic E-state index is 9.14. The third-order valence-corrected chi connectivity index (χ3v) is 13.1. The average molecular weight is 500 g/mol. The van der Waals surface area contributed by atoms with Crippen LogP contribution >= 0.6 is 7.26 Å². The molecule has 1 N–H and O–H groups in total. The van der Waals surface area contributed by atoms with Gasteiger partial charge in [0.15, 0.2) is 0 Å². The molecule has 0 spiro atoms. The Balaban J connectivity index is 4.39. The van der Waals surface area contributed by atoms with Gasteiger partial charge in [-0.2, -0.15) is 0 Å². The number of aliphatic hydroxyl groups excluding tert-OH is 1. The number of hydrogen-bond donors (Lipinski definition) is 1.